The number of hydrogen-bond donors (Lipinski definition) is 1. The maximum absolute atomic E-state index is 13.4. The first kappa shape index (κ1) is 26.0. The molecule has 5 rings (SSSR count). The zero-order chi connectivity index (χ0) is 27.6. The second-order valence-electron chi connectivity index (χ2n) is 9.60. The van der Waals surface area contributed by atoms with Crippen molar-refractivity contribution in [3.8, 4) is 11.3 Å². The number of carbonyl (C=O) groups is 1. The first-order valence-corrected chi connectivity index (χ1v) is 13.5. The van der Waals surface area contributed by atoms with Crippen LogP contribution in [0.3, 0.4) is 0 Å². The Kier molecular flexibility index (Phi) is 6.16. The average molecular weight is 550 g/mol. The molecule has 1 atom stereocenters. The molecule has 13 heteroatoms. The summed E-state index contributed by atoms with van der Waals surface area (Å²) in [6, 6.07) is 7.79. The second kappa shape index (κ2) is 9.00. The van der Waals surface area contributed by atoms with Crippen molar-refractivity contribution >= 4 is 38.4 Å². The predicted molar refractivity (Wildman–Crippen MR) is 133 cm³/mol. The normalized spacial score (nSPS) is 17.9. The third-order valence-corrected chi connectivity index (χ3v) is 7.74. The number of aliphatic imine (C=N–C) groups is 1. The van der Waals surface area contributed by atoms with E-state index >= 15 is 0 Å². The van der Waals surface area contributed by atoms with Gasteiger partial charge in [-0.25, -0.2) is 31.0 Å². The largest absolute Gasteiger partial charge is 0.353 e. The van der Waals surface area contributed by atoms with Crippen molar-refractivity contribution in [2.75, 3.05) is 11.6 Å². The molecular weight excluding hydrogens is 526 g/mol. The van der Waals surface area contributed by atoms with Gasteiger partial charge in [-0.1, -0.05) is 6.07 Å². The number of sulfone groups is 1. The molecule has 1 aliphatic heterocycles. The summed E-state index contributed by atoms with van der Waals surface area (Å²) in [7, 11) is -2.02. The van der Waals surface area contributed by atoms with Crippen LogP contribution in [0.5, 0.6) is 0 Å². The summed E-state index contributed by atoms with van der Waals surface area (Å²) in [5.74, 6) is -5.13. The Bertz CT molecular complexity index is 1600. The molecule has 0 amide bonds. The molecule has 1 aromatic carbocycles. The fraction of sp³-hybridized carbons (Fsp3) is 0.360. The predicted octanol–water partition coefficient (Wildman–Crippen LogP) is 4.60. The summed E-state index contributed by atoms with van der Waals surface area (Å²) < 4.78 is 80.7. The monoisotopic (exact) mass is 549 g/mol. The van der Waals surface area contributed by atoms with E-state index in [1.165, 1.54) is 18.2 Å². The number of nitrogens with zero attached hydrogens (tertiary/aromatic N) is 4. The fourth-order valence-corrected chi connectivity index (χ4v) is 5.23. The van der Waals surface area contributed by atoms with Gasteiger partial charge < -0.3 is 5.32 Å². The minimum Gasteiger partial charge on any atom is -0.353 e. The second-order valence-corrected chi connectivity index (χ2v) is 11.6. The first-order valence-electron chi connectivity index (χ1n) is 11.6. The van der Waals surface area contributed by atoms with E-state index in [0.717, 1.165) is 11.9 Å². The highest BCUT2D eigenvalue weighted by Gasteiger charge is 2.60. The molecule has 0 saturated heterocycles. The minimum absolute atomic E-state index is 0.0739. The van der Waals surface area contributed by atoms with E-state index < -0.39 is 52.4 Å². The number of aryl methyl sites for hydroxylation is 2. The Morgan fingerprint density at radius 3 is 2.50 bits per heavy atom. The lowest BCUT2D eigenvalue weighted by atomic mass is 10.1. The summed E-state index contributed by atoms with van der Waals surface area (Å²) in [5, 5.41) is 7.33. The van der Waals surface area contributed by atoms with E-state index in [1.54, 1.807) is 23.9 Å². The van der Waals surface area contributed by atoms with Gasteiger partial charge in [-0.15, -0.1) is 0 Å². The van der Waals surface area contributed by atoms with Crippen molar-refractivity contribution < 1.29 is 30.8 Å². The zero-order valence-corrected chi connectivity index (χ0v) is 21.4. The topological polar surface area (TPSA) is 106 Å². The molecule has 38 heavy (non-hydrogen) atoms. The molecule has 0 bridgehead atoms. The molecule has 1 N–H and O–H groups in total. The number of pyridine rings is 1. The summed E-state index contributed by atoms with van der Waals surface area (Å²) >= 11 is 0. The lowest BCUT2D eigenvalue weighted by molar-refractivity contribution is -0.121. The van der Waals surface area contributed by atoms with Crippen LogP contribution in [0, 0.1) is 12.8 Å². The van der Waals surface area contributed by atoms with Crippen LogP contribution in [-0.4, -0.2) is 53.3 Å². The number of fused-ring (bicyclic) bond motifs is 1. The highest BCUT2D eigenvalue weighted by atomic mass is 32.2. The SMILES string of the molecule is Cc1cc(-c2ccc(Nc3cc(CC(=O)[C@@H]4CC4(F)F)nc4c3N=C(C(F)F)C4)c(S(C)(=O)=O)c2)nn1C. The molecular formula is C25H23F4N5O3S. The van der Waals surface area contributed by atoms with Crippen molar-refractivity contribution in [3.63, 3.8) is 0 Å². The van der Waals surface area contributed by atoms with Gasteiger partial charge in [0.25, 0.3) is 12.3 Å². The number of anilines is 2. The Hall–Kier alpha value is -3.61. The van der Waals surface area contributed by atoms with Crippen molar-refractivity contribution in [1.29, 1.82) is 0 Å². The van der Waals surface area contributed by atoms with Crippen LogP contribution in [0.1, 0.15) is 23.5 Å². The summed E-state index contributed by atoms with van der Waals surface area (Å²) in [6.45, 7) is 1.86. The number of Topliss-reactive ketones (excluding diaryl/α,β-unsaturated/α-hetero) is 1. The Morgan fingerprint density at radius 2 is 1.92 bits per heavy atom. The molecule has 200 valence electrons. The number of carbonyl (C=O) groups excluding carboxylic acids is 1. The maximum atomic E-state index is 13.4. The number of aromatic nitrogens is 3. The van der Waals surface area contributed by atoms with Gasteiger partial charge in [0.05, 0.1) is 45.0 Å². The van der Waals surface area contributed by atoms with Gasteiger partial charge >= 0.3 is 0 Å². The summed E-state index contributed by atoms with van der Waals surface area (Å²) in [6.07, 6.45) is -3.03. The highest BCUT2D eigenvalue weighted by Crippen LogP contribution is 2.49. The fourth-order valence-electron chi connectivity index (χ4n) is 4.37. The van der Waals surface area contributed by atoms with E-state index in [2.05, 4.69) is 20.4 Å². The molecule has 0 radical (unpaired) electrons. The Morgan fingerprint density at radius 1 is 1.21 bits per heavy atom. The van der Waals surface area contributed by atoms with Crippen LogP contribution in [0.2, 0.25) is 0 Å². The molecule has 2 aliphatic rings. The van der Waals surface area contributed by atoms with Crippen molar-refractivity contribution in [3.05, 3.63) is 47.4 Å². The van der Waals surface area contributed by atoms with Crippen LogP contribution in [-0.2, 0) is 34.5 Å². The number of halogens is 4. The van der Waals surface area contributed by atoms with Gasteiger partial charge in [-0.2, -0.15) is 5.10 Å². The molecule has 0 unspecified atom stereocenters. The number of hydrogen-bond acceptors (Lipinski definition) is 7. The zero-order valence-electron chi connectivity index (χ0n) is 20.6. The number of alkyl halides is 4. The van der Waals surface area contributed by atoms with Gasteiger partial charge in [0, 0.05) is 43.8 Å². The number of nitrogens with one attached hydrogen (secondary N) is 1. The van der Waals surface area contributed by atoms with Gasteiger partial charge in [0.1, 0.15) is 11.5 Å². The molecule has 0 spiro atoms. The van der Waals surface area contributed by atoms with Crippen LogP contribution in [0.4, 0.5) is 34.6 Å². The van der Waals surface area contributed by atoms with Crippen molar-refractivity contribution in [1.82, 2.24) is 14.8 Å². The number of rotatable bonds is 8. The molecule has 1 aliphatic carbocycles. The quantitative estimate of drug-likeness (QED) is 0.412. The third kappa shape index (κ3) is 4.94. The first-order chi connectivity index (χ1) is 17.7. The van der Waals surface area contributed by atoms with Gasteiger partial charge in [0.2, 0.25) is 0 Å². The molecule has 3 heterocycles. The standard InChI is InChI=1S/C25H23F4N5O3S/c1-12-6-17(33-34(12)2)13-4-5-16(22(7-13)38(3,36)37)31-18-8-14(9-21(35)15-11-25(15,28)29)30-19-10-20(24(26)27)32-23(18)19/h4-8,15,24H,9-11H2,1-3H3,(H,30,31)/t15-/m0/s1. The van der Waals surface area contributed by atoms with Crippen LogP contribution in [0.15, 0.2) is 40.2 Å². The lowest BCUT2D eigenvalue weighted by Gasteiger charge is -2.15. The van der Waals surface area contributed by atoms with Crippen LogP contribution < -0.4 is 5.32 Å². The van der Waals surface area contributed by atoms with Crippen LogP contribution >= 0.6 is 0 Å². The number of benzene rings is 1. The third-order valence-electron chi connectivity index (χ3n) is 6.60. The molecule has 2 aromatic heterocycles. The molecule has 8 nitrogen and oxygen atoms in total. The van der Waals surface area contributed by atoms with Crippen LogP contribution in [0.25, 0.3) is 11.3 Å². The van der Waals surface area contributed by atoms with E-state index in [4.69, 9.17) is 0 Å². The van der Waals surface area contributed by atoms with E-state index in [0.29, 0.717) is 11.3 Å². The summed E-state index contributed by atoms with van der Waals surface area (Å²) in [4.78, 5) is 20.5. The molecule has 3 aromatic rings. The molecule has 1 saturated carbocycles. The van der Waals surface area contributed by atoms with E-state index in [-0.39, 0.29) is 39.8 Å². The average Bonchev–Trinajstić information content (AvgIpc) is 3.12. The smallest absolute Gasteiger partial charge is 0.277 e. The Labute approximate surface area is 215 Å². The minimum atomic E-state index is -3.78. The highest BCUT2D eigenvalue weighted by molar-refractivity contribution is 7.90. The number of ketones is 1. The molecule has 1 fully saturated rings. The van der Waals surface area contributed by atoms with Gasteiger partial charge in [-0.3, -0.25) is 14.5 Å². The van der Waals surface area contributed by atoms with Gasteiger partial charge in [-0.05, 0) is 31.2 Å². The van der Waals surface area contributed by atoms with E-state index in [9.17, 15) is 30.8 Å². The lowest BCUT2D eigenvalue weighted by Crippen LogP contribution is -2.13. The van der Waals surface area contributed by atoms with Gasteiger partial charge in [0.15, 0.2) is 9.84 Å². The maximum Gasteiger partial charge on any atom is 0.277 e. The Balaban J connectivity index is 1.55. The van der Waals surface area contributed by atoms with Crippen molar-refractivity contribution in [2.24, 2.45) is 18.0 Å². The van der Waals surface area contributed by atoms with Crippen molar-refractivity contribution in [2.45, 2.75) is 43.4 Å². The van der Waals surface area contributed by atoms with E-state index in [1.807, 2.05) is 6.92 Å². The summed E-state index contributed by atoms with van der Waals surface area (Å²) in [5.41, 5.74) is 2.17.